The van der Waals surface area contributed by atoms with Crippen molar-refractivity contribution in [1.82, 2.24) is 0 Å². The number of phosphoric acid groups is 1. The van der Waals surface area contributed by atoms with E-state index in [1.165, 1.54) is 44.9 Å². The fraction of sp³-hybridized carbons (Fsp3) is 0.960. The Morgan fingerprint density at radius 3 is 1.94 bits per heavy atom. The summed E-state index contributed by atoms with van der Waals surface area (Å²) in [7, 11) is 1.67. The van der Waals surface area contributed by atoms with E-state index >= 15 is 0 Å². The molecule has 2 atom stereocenters. The second kappa shape index (κ2) is 20.7. The summed E-state index contributed by atoms with van der Waals surface area (Å²) in [6.07, 6.45) is 13.0. The summed E-state index contributed by atoms with van der Waals surface area (Å²) in [5.74, 6) is -0.328. The van der Waals surface area contributed by atoms with Gasteiger partial charge in [0, 0.05) is 13.0 Å². The normalized spacial score (nSPS) is 14.6. The van der Waals surface area contributed by atoms with E-state index in [0.717, 1.165) is 32.1 Å². The predicted molar refractivity (Wildman–Crippen MR) is 137 cm³/mol. The molecule has 0 amide bonds. The molecule has 0 rings (SSSR count). The van der Waals surface area contributed by atoms with Gasteiger partial charge in [0.15, 0.2) is 0 Å². The van der Waals surface area contributed by atoms with E-state index in [2.05, 4.69) is 13.8 Å². The van der Waals surface area contributed by atoms with E-state index in [4.69, 9.17) is 18.5 Å². The van der Waals surface area contributed by atoms with Crippen molar-refractivity contribution in [3.63, 3.8) is 0 Å². The molecule has 0 aromatic heterocycles. The first kappa shape index (κ1) is 33.5. The van der Waals surface area contributed by atoms with E-state index < -0.39 is 13.9 Å². The number of carbonyl (C=O) groups is 1. The van der Waals surface area contributed by atoms with E-state index in [0.29, 0.717) is 24.1 Å². The van der Waals surface area contributed by atoms with Crippen molar-refractivity contribution in [3.8, 4) is 0 Å². The van der Waals surface area contributed by atoms with Crippen LogP contribution in [0.2, 0.25) is 0 Å². The summed E-state index contributed by atoms with van der Waals surface area (Å²) >= 11 is 0. The number of carbonyl (C=O) groups excluding carboxylic acids is 1. The summed E-state index contributed by atoms with van der Waals surface area (Å²) in [6.45, 7) is 5.48. The number of nitrogens with zero attached hydrogens (tertiary/aromatic N) is 1. The number of quaternary nitrogens is 1. The van der Waals surface area contributed by atoms with Crippen molar-refractivity contribution < 1.29 is 37.3 Å². The summed E-state index contributed by atoms with van der Waals surface area (Å²) in [5.41, 5.74) is 0. The smallest absolute Gasteiger partial charge is 0.457 e. The Morgan fingerprint density at radius 2 is 1.35 bits per heavy atom. The van der Waals surface area contributed by atoms with Gasteiger partial charge >= 0.3 is 13.8 Å². The molecule has 0 saturated heterocycles. The van der Waals surface area contributed by atoms with E-state index in [1.54, 1.807) is 0 Å². The van der Waals surface area contributed by atoms with Crippen LogP contribution in [0.5, 0.6) is 0 Å². The van der Waals surface area contributed by atoms with Gasteiger partial charge in [0.2, 0.25) is 0 Å². The van der Waals surface area contributed by atoms with Gasteiger partial charge in [0.1, 0.15) is 19.3 Å². The molecular weight excluding hydrogens is 457 g/mol. The van der Waals surface area contributed by atoms with Gasteiger partial charge in [-0.1, -0.05) is 78.1 Å². The standard InChI is InChI=1S/C25H52NO7P/c1-6-8-10-12-14-16-18-25(27)33-24(22-30-20-17-15-13-11-9-7-2)23-32-34(28,29)31-21-19-26(3,4)5/h24H,6-23H2,1-5H3/p+1. The zero-order valence-corrected chi connectivity index (χ0v) is 23.5. The summed E-state index contributed by atoms with van der Waals surface area (Å²) in [4.78, 5) is 22.3. The highest BCUT2D eigenvalue weighted by atomic mass is 31.2. The third-order valence-electron chi connectivity index (χ3n) is 5.42. The lowest BCUT2D eigenvalue weighted by molar-refractivity contribution is -0.870. The topological polar surface area (TPSA) is 91.3 Å². The van der Waals surface area contributed by atoms with Crippen LogP contribution in [0.15, 0.2) is 0 Å². The molecule has 0 fully saturated rings. The van der Waals surface area contributed by atoms with Gasteiger partial charge < -0.3 is 18.9 Å². The quantitative estimate of drug-likeness (QED) is 0.0752. The highest BCUT2D eigenvalue weighted by Crippen LogP contribution is 2.43. The van der Waals surface area contributed by atoms with Crippen LogP contribution in [-0.2, 0) is 27.9 Å². The highest BCUT2D eigenvalue weighted by molar-refractivity contribution is 7.47. The zero-order valence-electron chi connectivity index (χ0n) is 22.6. The number of esters is 1. The maximum atomic E-state index is 12.3. The molecule has 0 aliphatic rings. The van der Waals surface area contributed by atoms with E-state index in [1.807, 2.05) is 21.1 Å². The molecule has 2 unspecified atom stereocenters. The fourth-order valence-corrected chi connectivity index (χ4v) is 4.00. The molecule has 0 saturated carbocycles. The molecule has 204 valence electrons. The second-order valence-corrected chi connectivity index (χ2v) is 11.5. The molecule has 0 aromatic rings. The molecule has 9 heteroatoms. The third-order valence-corrected chi connectivity index (χ3v) is 6.40. The van der Waals surface area contributed by atoms with E-state index in [-0.39, 0.29) is 25.8 Å². The average molecular weight is 511 g/mol. The average Bonchev–Trinajstić information content (AvgIpc) is 2.75. The first-order chi connectivity index (χ1) is 16.1. The van der Waals surface area contributed by atoms with Gasteiger partial charge in [0.25, 0.3) is 0 Å². The zero-order chi connectivity index (χ0) is 25.7. The van der Waals surface area contributed by atoms with Crippen LogP contribution in [0.1, 0.15) is 97.3 Å². The van der Waals surface area contributed by atoms with Crippen molar-refractivity contribution in [1.29, 1.82) is 0 Å². The monoisotopic (exact) mass is 510 g/mol. The molecule has 0 aliphatic heterocycles. The second-order valence-electron chi connectivity index (χ2n) is 10.1. The molecule has 0 aliphatic carbocycles. The number of rotatable bonds is 24. The number of hydrogen-bond donors (Lipinski definition) is 1. The molecule has 0 bridgehead atoms. The SMILES string of the molecule is CCCCCCCCOCC(COP(=O)(O)OCC[N+](C)(C)C)OC(=O)CCCCCCCC. The lowest BCUT2D eigenvalue weighted by Crippen LogP contribution is -2.37. The number of phosphoric ester groups is 1. The number of unbranched alkanes of at least 4 members (excludes halogenated alkanes) is 10. The predicted octanol–water partition coefficient (Wildman–Crippen LogP) is 5.87. The molecule has 0 radical (unpaired) electrons. The largest absolute Gasteiger partial charge is 0.472 e. The molecule has 0 spiro atoms. The van der Waals surface area contributed by atoms with Crippen LogP contribution in [-0.4, -0.2) is 75.6 Å². The molecule has 8 nitrogen and oxygen atoms in total. The van der Waals surface area contributed by atoms with Crippen molar-refractivity contribution >= 4 is 13.8 Å². The van der Waals surface area contributed by atoms with Crippen LogP contribution in [0, 0.1) is 0 Å². The van der Waals surface area contributed by atoms with Crippen LogP contribution >= 0.6 is 7.82 Å². The van der Waals surface area contributed by atoms with Crippen molar-refractivity contribution in [2.45, 2.75) is 103 Å². The Labute approximate surface area is 208 Å². The first-order valence-corrected chi connectivity index (χ1v) is 14.8. The summed E-state index contributed by atoms with van der Waals surface area (Å²) in [6, 6.07) is 0. The molecule has 0 heterocycles. The van der Waals surface area contributed by atoms with Crippen molar-refractivity contribution in [2.75, 3.05) is 54.1 Å². The number of ether oxygens (including phenoxy) is 2. The lowest BCUT2D eigenvalue weighted by Gasteiger charge is -2.24. The highest BCUT2D eigenvalue weighted by Gasteiger charge is 2.26. The van der Waals surface area contributed by atoms with Gasteiger partial charge in [-0.3, -0.25) is 13.8 Å². The Morgan fingerprint density at radius 1 is 0.794 bits per heavy atom. The molecular formula is C25H53NO7P+. The number of hydrogen-bond acceptors (Lipinski definition) is 6. The molecule has 34 heavy (non-hydrogen) atoms. The Hall–Kier alpha value is -0.500. The summed E-state index contributed by atoms with van der Waals surface area (Å²) < 4.78 is 34.2. The fourth-order valence-electron chi connectivity index (χ4n) is 3.25. The maximum absolute atomic E-state index is 12.3. The summed E-state index contributed by atoms with van der Waals surface area (Å²) in [5, 5.41) is 0. The lowest BCUT2D eigenvalue weighted by atomic mass is 10.1. The van der Waals surface area contributed by atoms with Gasteiger partial charge in [-0.15, -0.1) is 0 Å². The van der Waals surface area contributed by atoms with E-state index in [9.17, 15) is 14.3 Å². The van der Waals surface area contributed by atoms with Crippen LogP contribution in [0.4, 0.5) is 0 Å². The van der Waals surface area contributed by atoms with Crippen molar-refractivity contribution in [2.24, 2.45) is 0 Å². The minimum atomic E-state index is -4.23. The van der Waals surface area contributed by atoms with Crippen molar-refractivity contribution in [3.05, 3.63) is 0 Å². The third kappa shape index (κ3) is 23.3. The Kier molecular flexibility index (Phi) is 20.4. The molecule has 0 aromatic carbocycles. The minimum absolute atomic E-state index is 0.0916. The minimum Gasteiger partial charge on any atom is -0.457 e. The first-order valence-electron chi connectivity index (χ1n) is 13.3. The van der Waals surface area contributed by atoms with Gasteiger partial charge in [0.05, 0.1) is 34.4 Å². The van der Waals surface area contributed by atoms with Gasteiger partial charge in [-0.25, -0.2) is 4.57 Å². The molecule has 1 N–H and O–H groups in total. The Bertz CT molecular complexity index is 540. The van der Waals surface area contributed by atoms with Crippen LogP contribution in [0.3, 0.4) is 0 Å². The van der Waals surface area contributed by atoms with Gasteiger partial charge in [-0.05, 0) is 12.8 Å². The maximum Gasteiger partial charge on any atom is 0.472 e. The van der Waals surface area contributed by atoms with Crippen LogP contribution < -0.4 is 0 Å². The number of likely N-dealkylation sites (N-methyl/N-ethyl adjacent to an activating group) is 1. The van der Waals surface area contributed by atoms with Crippen LogP contribution in [0.25, 0.3) is 0 Å². The van der Waals surface area contributed by atoms with Gasteiger partial charge in [-0.2, -0.15) is 0 Å². The Balaban J connectivity index is 4.44.